The van der Waals surface area contributed by atoms with Gasteiger partial charge in [0.15, 0.2) is 11.5 Å². The molecule has 0 saturated carbocycles. The Morgan fingerprint density at radius 2 is 1.92 bits per heavy atom. The van der Waals surface area contributed by atoms with Gasteiger partial charge in [-0.1, -0.05) is 12.1 Å². The standard InChI is InChI=1S/C18H16F3NO3/c1-11-3-6-14(13(19)9-11)22-17(23)8-5-12-4-7-15(25-18(20)21)16(10-12)24-2/h3-10,18H,1-2H3,(H,22,23)/b8-5+. The lowest BCUT2D eigenvalue weighted by Gasteiger charge is -2.10. The first-order valence-corrected chi connectivity index (χ1v) is 7.27. The maximum Gasteiger partial charge on any atom is 0.387 e. The summed E-state index contributed by atoms with van der Waals surface area (Å²) in [5, 5.41) is 2.42. The highest BCUT2D eigenvalue weighted by atomic mass is 19.3. The molecule has 0 atom stereocenters. The Bertz CT molecular complexity index is 791. The summed E-state index contributed by atoms with van der Waals surface area (Å²) in [7, 11) is 1.31. The Kier molecular flexibility index (Phi) is 6.05. The summed E-state index contributed by atoms with van der Waals surface area (Å²) in [4.78, 5) is 11.9. The van der Waals surface area contributed by atoms with Crippen molar-refractivity contribution in [1.29, 1.82) is 0 Å². The van der Waals surface area contributed by atoms with Gasteiger partial charge in [-0.25, -0.2) is 4.39 Å². The first-order valence-electron chi connectivity index (χ1n) is 7.27. The van der Waals surface area contributed by atoms with E-state index >= 15 is 0 Å². The van der Waals surface area contributed by atoms with Gasteiger partial charge in [0, 0.05) is 6.08 Å². The molecule has 0 spiro atoms. The highest BCUT2D eigenvalue weighted by Crippen LogP contribution is 2.29. The van der Waals surface area contributed by atoms with E-state index in [9.17, 15) is 18.0 Å². The lowest BCUT2D eigenvalue weighted by molar-refractivity contribution is -0.111. The summed E-state index contributed by atoms with van der Waals surface area (Å²) < 4.78 is 47.5. The number of carbonyl (C=O) groups is 1. The molecule has 2 aromatic carbocycles. The van der Waals surface area contributed by atoms with Crippen molar-refractivity contribution in [2.75, 3.05) is 12.4 Å². The van der Waals surface area contributed by atoms with E-state index in [1.54, 1.807) is 13.0 Å². The van der Waals surface area contributed by atoms with Crippen molar-refractivity contribution < 1.29 is 27.4 Å². The molecule has 0 aliphatic rings. The molecule has 0 aromatic heterocycles. The Hall–Kier alpha value is -2.96. The molecule has 1 N–H and O–H groups in total. The van der Waals surface area contributed by atoms with E-state index in [1.807, 2.05) is 0 Å². The molecular formula is C18H16F3NO3. The van der Waals surface area contributed by atoms with Crippen LogP contribution < -0.4 is 14.8 Å². The van der Waals surface area contributed by atoms with Crippen LogP contribution in [0.1, 0.15) is 11.1 Å². The highest BCUT2D eigenvalue weighted by Gasteiger charge is 2.10. The molecule has 25 heavy (non-hydrogen) atoms. The zero-order valence-corrected chi connectivity index (χ0v) is 13.6. The summed E-state index contributed by atoms with van der Waals surface area (Å²) >= 11 is 0. The van der Waals surface area contributed by atoms with Gasteiger partial charge in [-0.05, 0) is 48.4 Å². The molecule has 0 unspecified atom stereocenters. The predicted octanol–water partition coefficient (Wildman–Crippen LogP) is 4.40. The molecule has 7 heteroatoms. The number of hydrogen-bond acceptors (Lipinski definition) is 3. The Balaban J connectivity index is 2.08. The van der Waals surface area contributed by atoms with E-state index in [-0.39, 0.29) is 17.2 Å². The van der Waals surface area contributed by atoms with Crippen molar-refractivity contribution in [3.8, 4) is 11.5 Å². The molecule has 0 fully saturated rings. The first-order chi connectivity index (χ1) is 11.9. The van der Waals surface area contributed by atoms with Crippen LogP contribution in [0, 0.1) is 12.7 Å². The van der Waals surface area contributed by atoms with Crippen LogP contribution in [-0.2, 0) is 4.79 Å². The fourth-order valence-electron chi connectivity index (χ4n) is 2.05. The lowest BCUT2D eigenvalue weighted by atomic mass is 10.2. The zero-order chi connectivity index (χ0) is 18.4. The number of hydrogen-bond donors (Lipinski definition) is 1. The Morgan fingerprint density at radius 1 is 1.16 bits per heavy atom. The van der Waals surface area contributed by atoms with Crippen molar-refractivity contribution in [2.45, 2.75) is 13.5 Å². The third-order valence-corrected chi connectivity index (χ3v) is 3.21. The van der Waals surface area contributed by atoms with Crippen LogP contribution in [0.2, 0.25) is 0 Å². The normalized spacial score (nSPS) is 11.0. The van der Waals surface area contributed by atoms with Crippen molar-refractivity contribution >= 4 is 17.7 Å². The van der Waals surface area contributed by atoms with Gasteiger partial charge >= 0.3 is 6.61 Å². The molecule has 0 aliphatic heterocycles. The van der Waals surface area contributed by atoms with Gasteiger partial charge in [0.1, 0.15) is 5.82 Å². The number of alkyl halides is 2. The Labute approximate surface area is 142 Å². The number of carbonyl (C=O) groups excluding carboxylic acids is 1. The number of ether oxygens (including phenoxy) is 2. The molecule has 4 nitrogen and oxygen atoms in total. The van der Waals surface area contributed by atoms with Crippen LogP contribution in [0.4, 0.5) is 18.9 Å². The monoisotopic (exact) mass is 351 g/mol. The molecular weight excluding hydrogens is 335 g/mol. The summed E-state index contributed by atoms with van der Waals surface area (Å²) in [5.74, 6) is -1.07. The largest absolute Gasteiger partial charge is 0.493 e. The molecule has 0 saturated heterocycles. The van der Waals surface area contributed by atoms with E-state index in [0.29, 0.717) is 5.56 Å². The average molecular weight is 351 g/mol. The van der Waals surface area contributed by atoms with E-state index in [0.717, 1.165) is 5.56 Å². The second-order valence-electron chi connectivity index (χ2n) is 5.09. The molecule has 1 amide bonds. The van der Waals surface area contributed by atoms with Crippen LogP contribution in [-0.4, -0.2) is 19.6 Å². The minimum absolute atomic E-state index is 0.0681. The van der Waals surface area contributed by atoms with Crippen molar-refractivity contribution in [2.24, 2.45) is 0 Å². The van der Waals surface area contributed by atoms with E-state index in [2.05, 4.69) is 10.1 Å². The van der Waals surface area contributed by atoms with Crippen LogP contribution in [0.25, 0.3) is 6.08 Å². The average Bonchev–Trinajstić information content (AvgIpc) is 2.56. The quantitative estimate of drug-likeness (QED) is 0.785. The fourth-order valence-corrected chi connectivity index (χ4v) is 2.05. The van der Waals surface area contributed by atoms with E-state index in [1.165, 1.54) is 49.6 Å². The summed E-state index contributed by atoms with van der Waals surface area (Å²) in [6, 6.07) is 8.68. The van der Waals surface area contributed by atoms with Crippen LogP contribution in [0.15, 0.2) is 42.5 Å². The van der Waals surface area contributed by atoms with Crippen LogP contribution in [0.5, 0.6) is 11.5 Å². The van der Waals surface area contributed by atoms with Gasteiger partial charge in [0.25, 0.3) is 0 Å². The fraction of sp³-hybridized carbons (Fsp3) is 0.167. The molecule has 2 rings (SSSR count). The molecule has 2 aromatic rings. The van der Waals surface area contributed by atoms with Gasteiger partial charge in [-0.15, -0.1) is 0 Å². The number of aryl methyl sites for hydroxylation is 1. The molecule has 0 bridgehead atoms. The summed E-state index contributed by atoms with van der Waals surface area (Å²) in [6.07, 6.45) is 2.64. The number of amides is 1. The molecule has 132 valence electrons. The third kappa shape index (κ3) is 5.27. The van der Waals surface area contributed by atoms with E-state index < -0.39 is 18.3 Å². The predicted molar refractivity (Wildman–Crippen MR) is 88.4 cm³/mol. The number of methoxy groups -OCH3 is 1. The smallest absolute Gasteiger partial charge is 0.387 e. The second-order valence-corrected chi connectivity index (χ2v) is 5.09. The number of nitrogens with one attached hydrogen (secondary N) is 1. The first kappa shape index (κ1) is 18.4. The number of rotatable bonds is 6. The van der Waals surface area contributed by atoms with Crippen LogP contribution >= 0.6 is 0 Å². The van der Waals surface area contributed by atoms with Gasteiger partial charge in [-0.2, -0.15) is 8.78 Å². The van der Waals surface area contributed by atoms with E-state index in [4.69, 9.17) is 4.74 Å². The summed E-state index contributed by atoms with van der Waals surface area (Å²) in [5.41, 5.74) is 1.33. The van der Waals surface area contributed by atoms with Gasteiger partial charge in [0.05, 0.1) is 12.8 Å². The lowest BCUT2D eigenvalue weighted by Crippen LogP contribution is -2.09. The maximum absolute atomic E-state index is 13.7. The highest BCUT2D eigenvalue weighted by molar-refractivity contribution is 6.02. The van der Waals surface area contributed by atoms with Crippen molar-refractivity contribution in [1.82, 2.24) is 0 Å². The third-order valence-electron chi connectivity index (χ3n) is 3.21. The van der Waals surface area contributed by atoms with Crippen LogP contribution in [0.3, 0.4) is 0 Å². The minimum Gasteiger partial charge on any atom is -0.493 e. The van der Waals surface area contributed by atoms with Gasteiger partial charge in [0.2, 0.25) is 5.91 Å². The Morgan fingerprint density at radius 3 is 2.56 bits per heavy atom. The number of benzene rings is 2. The topological polar surface area (TPSA) is 47.6 Å². The summed E-state index contributed by atoms with van der Waals surface area (Å²) in [6.45, 7) is -1.23. The zero-order valence-electron chi connectivity index (χ0n) is 13.6. The maximum atomic E-state index is 13.7. The molecule has 0 heterocycles. The number of halogens is 3. The van der Waals surface area contributed by atoms with Gasteiger partial charge in [-0.3, -0.25) is 4.79 Å². The van der Waals surface area contributed by atoms with Gasteiger partial charge < -0.3 is 14.8 Å². The second kappa shape index (κ2) is 8.23. The van der Waals surface area contributed by atoms with Crippen molar-refractivity contribution in [3.05, 3.63) is 59.4 Å². The number of anilines is 1. The molecule has 0 radical (unpaired) electrons. The minimum atomic E-state index is -2.97. The SMILES string of the molecule is COc1cc(/C=C/C(=O)Nc2ccc(C)cc2F)ccc1OC(F)F. The van der Waals surface area contributed by atoms with Crippen molar-refractivity contribution in [3.63, 3.8) is 0 Å². The molecule has 0 aliphatic carbocycles.